The minimum absolute atomic E-state index is 0.727. The van der Waals surface area contributed by atoms with Gasteiger partial charge in [0.25, 0.3) is 0 Å². The van der Waals surface area contributed by atoms with E-state index < -0.39 is 0 Å². The molecule has 2 heteroatoms. The SMILES string of the molecule is O=CNc1ccc2c(c1)CCCC2. The van der Waals surface area contributed by atoms with Crippen LogP contribution in [0.3, 0.4) is 0 Å². The van der Waals surface area contributed by atoms with E-state index in [1.807, 2.05) is 6.07 Å². The van der Waals surface area contributed by atoms with E-state index in [2.05, 4.69) is 17.4 Å². The highest BCUT2D eigenvalue weighted by atomic mass is 16.1. The summed E-state index contributed by atoms with van der Waals surface area (Å²) in [6.07, 6.45) is 5.65. The van der Waals surface area contributed by atoms with Gasteiger partial charge in [-0.2, -0.15) is 0 Å². The molecule has 1 aromatic rings. The Morgan fingerprint density at radius 2 is 1.92 bits per heavy atom. The lowest BCUT2D eigenvalue weighted by atomic mass is 9.91. The quantitative estimate of drug-likeness (QED) is 0.685. The molecule has 2 nitrogen and oxygen atoms in total. The maximum absolute atomic E-state index is 10.2. The normalized spacial score (nSPS) is 14.8. The molecule has 0 heterocycles. The fraction of sp³-hybridized carbons (Fsp3) is 0.364. The molecule has 0 saturated carbocycles. The molecule has 1 amide bonds. The maximum atomic E-state index is 10.2. The van der Waals surface area contributed by atoms with Gasteiger partial charge in [-0.15, -0.1) is 0 Å². The number of amides is 1. The number of aryl methyl sites for hydroxylation is 2. The zero-order valence-corrected chi connectivity index (χ0v) is 7.55. The minimum atomic E-state index is 0.727. The fourth-order valence-corrected chi connectivity index (χ4v) is 1.89. The zero-order valence-electron chi connectivity index (χ0n) is 7.55. The van der Waals surface area contributed by atoms with Crippen LogP contribution < -0.4 is 5.32 Å². The standard InChI is InChI=1S/C11H13NO/c13-8-12-11-6-5-9-3-1-2-4-10(9)7-11/h5-8H,1-4H2,(H,12,13). The van der Waals surface area contributed by atoms with E-state index in [1.54, 1.807) is 0 Å². The second kappa shape index (κ2) is 3.60. The zero-order chi connectivity index (χ0) is 9.10. The summed E-state index contributed by atoms with van der Waals surface area (Å²) in [6, 6.07) is 6.18. The van der Waals surface area contributed by atoms with Crippen LogP contribution in [0, 0.1) is 0 Å². The van der Waals surface area contributed by atoms with Crippen molar-refractivity contribution in [3.8, 4) is 0 Å². The smallest absolute Gasteiger partial charge is 0.211 e. The topological polar surface area (TPSA) is 29.1 Å². The maximum Gasteiger partial charge on any atom is 0.211 e. The van der Waals surface area contributed by atoms with Gasteiger partial charge in [-0.1, -0.05) is 6.07 Å². The average molecular weight is 175 g/mol. The first-order valence-corrected chi connectivity index (χ1v) is 4.72. The number of rotatable bonds is 2. The third-order valence-electron chi connectivity index (χ3n) is 2.57. The lowest BCUT2D eigenvalue weighted by molar-refractivity contribution is -0.105. The van der Waals surface area contributed by atoms with Crippen LogP contribution in [-0.4, -0.2) is 6.41 Å². The molecule has 0 aromatic heterocycles. The summed E-state index contributed by atoms with van der Waals surface area (Å²) in [7, 11) is 0. The van der Waals surface area contributed by atoms with E-state index in [0.717, 1.165) is 18.5 Å². The highest BCUT2D eigenvalue weighted by Gasteiger charge is 2.08. The molecule has 1 N–H and O–H groups in total. The Bertz CT molecular complexity index is 320. The van der Waals surface area contributed by atoms with Gasteiger partial charge in [-0.05, 0) is 48.9 Å². The van der Waals surface area contributed by atoms with Gasteiger partial charge in [-0.25, -0.2) is 0 Å². The van der Waals surface area contributed by atoms with Crippen LogP contribution in [0.15, 0.2) is 18.2 Å². The highest BCUT2D eigenvalue weighted by Crippen LogP contribution is 2.23. The molecular weight excluding hydrogens is 162 g/mol. The Kier molecular flexibility index (Phi) is 2.30. The molecule has 0 atom stereocenters. The Balaban J connectivity index is 2.29. The van der Waals surface area contributed by atoms with Gasteiger partial charge in [0.05, 0.1) is 0 Å². The molecule has 2 rings (SSSR count). The van der Waals surface area contributed by atoms with E-state index in [9.17, 15) is 4.79 Å². The molecule has 0 radical (unpaired) electrons. The molecule has 0 bridgehead atoms. The summed E-state index contributed by atoms with van der Waals surface area (Å²) in [5.41, 5.74) is 3.76. The number of nitrogens with one attached hydrogen (secondary N) is 1. The van der Waals surface area contributed by atoms with E-state index in [0.29, 0.717) is 0 Å². The Hall–Kier alpha value is -1.31. The second-order valence-corrected chi connectivity index (χ2v) is 3.45. The molecule has 0 saturated heterocycles. The van der Waals surface area contributed by atoms with Gasteiger partial charge in [-0.3, -0.25) is 4.79 Å². The molecule has 1 aliphatic rings. The van der Waals surface area contributed by atoms with Gasteiger partial charge in [0.15, 0.2) is 0 Å². The van der Waals surface area contributed by atoms with Crippen molar-refractivity contribution in [3.05, 3.63) is 29.3 Å². The van der Waals surface area contributed by atoms with Crippen LogP contribution in [0.25, 0.3) is 0 Å². The fourth-order valence-electron chi connectivity index (χ4n) is 1.89. The van der Waals surface area contributed by atoms with E-state index in [4.69, 9.17) is 0 Å². The van der Waals surface area contributed by atoms with Gasteiger partial charge >= 0.3 is 0 Å². The van der Waals surface area contributed by atoms with Crippen molar-refractivity contribution < 1.29 is 4.79 Å². The van der Waals surface area contributed by atoms with Crippen molar-refractivity contribution in [2.45, 2.75) is 25.7 Å². The van der Waals surface area contributed by atoms with Crippen molar-refractivity contribution in [2.75, 3.05) is 5.32 Å². The van der Waals surface area contributed by atoms with Crippen LogP contribution in [0.5, 0.6) is 0 Å². The first-order valence-electron chi connectivity index (χ1n) is 4.72. The molecule has 1 aromatic carbocycles. The molecule has 13 heavy (non-hydrogen) atoms. The van der Waals surface area contributed by atoms with Crippen LogP contribution in [0.4, 0.5) is 5.69 Å². The van der Waals surface area contributed by atoms with Gasteiger partial charge in [0.1, 0.15) is 0 Å². The summed E-state index contributed by atoms with van der Waals surface area (Å²) >= 11 is 0. The second-order valence-electron chi connectivity index (χ2n) is 3.45. The third kappa shape index (κ3) is 1.72. The summed E-state index contributed by atoms with van der Waals surface area (Å²) in [5.74, 6) is 0. The molecule has 0 aliphatic heterocycles. The van der Waals surface area contributed by atoms with Crippen molar-refractivity contribution in [2.24, 2.45) is 0 Å². The predicted molar refractivity (Wildman–Crippen MR) is 52.8 cm³/mol. The first kappa shape index (κ1) is 8.30. The molecule has 0 spiro atoms. The number of hydrogen-bond acceptors (Lipinski definition) is 1. The Morgan fingerprint density at radius 1 is 1.15 bits per heavy atom. The lowest BCUT2D eigenvalue weighted by Crippen LogP contribution is -2.03. The number of carbonyl (C=O) groups excluding carboxylic acids is 1. The summed E-state index contributed by atoms with van der Waals surface area (Å²) in [4.78, 5) is 10.2. The highest BCUT2D eigenvalue weighted by molar-refractivity contribution is 5.71. The van der Waals surface area contributed by atoms with Crippen LogP contribution in [0.1, 0.15) is 24.0 Å². The summed E-state index contributed by atoms with van der Waals surface area (Å²) in [6.45, 7) is 0. The van der Waals surface area contributed by atoms with Gasteiger partial charge < -0.3 is 5.32 Å². The third-order valence-corrected chi connectivity index (χ3v) is 2.57. The monoisotopic (exact) mass is 175 g/mol. The minimum Gasteiger partial charge on any atom is -0.329 e. The molecule has 68 valence electrons. The van der Waals surface area contributed by atoms with Gasteiger partial charge in [0.2, 0.25) is 6.41 Å². The molecule has 1 aliphatic carbocycles. The van der Waals surface area contributed by atoms with Crippen LogP contribution in [-0.2, 0) is 17.6 Å². The van der Waals surface area contributed by atoms with Crippen molar-refractivity contribution in [1.82, 2.24) is 0 Å². The molecular formula is C11H13NO. The Morgan fingerprint density at radius 3 is 2.69 bits per heavy atom. The number of benzene rings is 1. The number of anilines is 1. The van der Waals surface area contributed by atoms with Crippen LogP contribution in [0.2, 0.25) is 0 Å². The number of hydrogen-bond donors (Lipinski definition) is 1. The first-order chi connectivity index (χ1) is 6.40. The van der Waals surface area contributed by atoms with E-state index in [1.165, 1.54) is 30.4 Å². The summed E-state index contributed by atoms with van der Waals surface area (Å²) < 4.78 is 0. The van der Waals surface area contributed by atoms with Crippen molar-refractivity contribution in [3.63, 3.8) is 0 Å². The van der Waals surface area contributed by atoms with Crippen molar-refractivity contribution in [1.29, 1.82) is 0 Å². The average Bonchev–Trinajstić information content (AvgIpc) is 2.18. The van der Waals surface area contributed by atoms with Crippen LogP contribution >= 0.6 is 0 Å². The Labute approximate surface area is 78.0 Å². The van der Waals surface area contributed by atoms with Gasteiger partial charge in [0, 0.05) is 5.69 Å². The van der Waals surface area contributed by atoms with E-state index >= 15 is 0 Å². The lowest BCUT2D eigenvalue weighted by Gasteiger charge is -2.15. The molecule has 0 unspecified atom stereocenters. The largest absolute Gasteiger partial charge is 0.329 e. The summed E-state index contributed by atoms with van der Waals surface area (Å²) in [5, 5.41) is 2.68. The van der Waals surface area contributed by atoms with E-state index in [-0.39, 0.29) is 0 Å². The van der Waals surface area contributed by atoms with Crippen molar-refractivity contribution >= 4 is 12.1 Å². The number of fused-ring (bicyclic) bond motifs is 1. The predicted octanol–water partition coefficient (Wildman–Crippen LogP) is 2.13. The molecule has 0 fully saturated rings. The number of carbonyl (C=O) groups is 1.